The molecule has 1 aromatic rings. The number of nitrogens with one attached hydrogen (secondary N) is 1. The number of carbonyl (C=O) groups excluding carboxylic acids is 2. The molecule has 0 radical (unpaired) electrons. The van der Waals surface area contributed by atoms with Crippen molar-refractivity contribution < 1.29 is 14.3 Å². The molecule has 1 aliphatic heterocycles. The van der Waals surface area contributed by atoms with Gasteiger partial charge in [-0.25, -0.2) is 9.78 Å². The van der Waals surface area contributed by atoms with Crippen LogP contribution in [-0.4, -0.2) is 66.6 Å². The summed E-state index contributed by atoms with van der Waals surface area (Å²) in [5.74, 6) is -0.0348. The van der Waals surface area contributed by atoms with Gasteiger partial charge < -0.3 is 19.9 Å². The van der Waals surface area contributed by atoms with Crippen LogP contribution in [0.25, 0.3) is 0 Å². The number of aromatic nitrogens is 1. The highest BCUT2D eigenvalue weighted by Gasteiger charge is 2.25. The molecule has 1 fully saturated rings. The smallest absolute Gasteiger partial charge is 0.318 e. The fraction of sp³-hybridized carbons (Fsp3) is 0.667. The Balaban J connectivity index is 1.90. The Morgan fingerprint density at radius 2 is 2.30 bits per heavy atom. The normalized spacial score (nSPS) is 17.1. The number of rotatable bonds is 5. The Labute approximate surface area is 140 Å². The molecule has 0 spiro atoms. The average Bonchev–Trinajstić information content (AvgIpc) is 2.86. The van der Waals surface area contributed by atoms with Crippen molar-refractivity contribution in [3.8, 4) is 0 Å². The zero-order chi connectivity index (χ0) is 16.8. The quantitative estimate of drug-likeness (QED) is 0.879. The maximum absolute atomic E-state index is 12.4. The van der Waals surface area contributed by atoms with Gasteiger partial charge in [-0.3, -0.25) is 4.79 Å². The number of carbonyl (C=O) groups is 2. The van der Waals surface area contributed by atoms with Gasteiger partial charge in [-0.15, -0.1) is 11.3 Å². The summed E-state index contributed by atoms with van der Waals surface area (Å²) in [6, 6.07) is -0.378. The molecule has 1 aromatic heterocycles. The molecule has 0 saturated carbocycles. The first kappa shape index (κ1) is 17.7. The molecule has 2 rings (SSSR count). The van der Waals surface area contributed by atoms with E-state index in [0.717, 1.165) is 17.1 Å². The van der Waals surface area contributed by atoms with Crippen LogP contribution in [0.15, 0.2) is 5.38 Å². The van der Waals surface area contributed by atoms with Crippen LogP contribution < -0.4 is 5.32 Å². The van der Waals surface area contributed by atoms with E-state index < -0.39 is 0 Å². The Morgan fingerprint density at radius 3 is 2.96 bits per heavy atom. The lowest BCUT2D eigenvalue weighted by Gasteiger charge is -2.23. The molecule has 1 atom stereocenters. The minimum absolute atomic E-state index is 0.0348. The molecule has 8 heteroatoms. The average molecular weight is 340 g/mol. The summed E-state index contributed by atoms with van der Waals surface area (Å²) in [4.78, 5) is 32.4. The lowest BCUT2D eigenvalue weighted by Crippen LogP contribution is -2.45. The van der Waals surface area contributed by atoms with E-state index in [1.165, 1.54) is 11.3 Å². The van der Waals surface area contributed by atoms with Gasteiger partial charge in [0, 0.05) is 37.8 Å². The first-order valence-electron chi connectivity index (χ1n) is 7.75. The minimum Gasteiger partial charge on any atom is -0.383 e. The molecular weight excluding hydrogens is 316 g/mol. The van der Waals surface area contributed by atoms with E-state index in [0.29, 0.717) is 26.2 Å². The molecule has 1 saturated heterocycles. The first-order valence-corrected chi connectivity index (χ1v) is 8.63. The van der Waals surface area contributed by atoms with Crippen LogP contribution in [0, 0.1) is 6.92 Å². The summed E-state index contributed by atoms with van der Waals surface area (Å²) in [7, 11) is 1.61. The van der Waals surface area contributed by atoms with Crippen molar-refractivity contribution in [1.82, 2.24) is 20.1 Å². The maximum atomic E-state index is 12.4. The van der Waals surface area contributed by atoms with Crippen LogP contribution in [0.5, 0.6) is 0 Å². The Bertz CT molecular complexity index is 549. The number of urea groups is 1. The molecule has 0 aromatic carbocycles. The van der Waals surface area contributed by atoms with Crippen LogP contribution in [0.4, 0.5) is 4.79 Å². The summed E-state index contributed by atoms with van der Waals surface area (Å²) in [5, 5.41) is 5.76. The van der Waals surface area contributed by atoms with E-state index in [4.69, 9.17) is 4.74 Å². The number of methoxy groups -OCH3 is 1. The Morgan fingerprint density at radius 1 is 1.52 bits per heavy atom. The zero-order valence-electron chi connectivity index (χ0n) is 13.9. The molecule has 0 unspecified atom stereocenters. The van der Waals surface area contributed by atoms with Crippen LogP contribution in [0.1, 0.15) is 30.1 Å². The minimum atomic E-state index is -0.215. The summed E-state index contributed by atoms with van der Waals surface area (Å²) in [6.07, 6.45) is 0.771. The predicted octanol–water partition coefficient (Wildman–Crippen LogP) is 1.40. The Hall–Kier alpha value is -1.67. The highest BCUT2D eigenvalue weighted by molar-refractivity contribution is 7.09. The molecule has 2 heterocycles. The van der Waals surface area contributed by atoms with E-state index >= 15 is 0 Å². The molecule has 23 heavy (non-hydrogen) atoms. The fourth-order valence-electron chi connectivity index (χ4n) is 2.44. The summed E-state index contributed by atoms with van der Waals surface area (Å²) in [5.41, 5.74) is 0.949. The van der Waals surface area contributed by atoms with E-state index in [9.17, 15) is 9.59 Å². The molecule has 128 valence electrons. The van der Waals surface area contributed by atoms with Crippen molar-refractivity contribution >= 4 is 23.3 Å². The molecule has 1 N–H and O–H groups in total. The van der Waals surface area contributed by atoms with E-state index in [1.54, 1.807) is 16.9 Å². The van der Waals surface area contributed by atoms with Gasteiger partial charge in [-0.2, -0.15) is 0 Å². The molecule has 1 aliphatic rings. The van der Waals surface area contributed by atoms with Crippen molar-refractivity contribution in [3.05, 3.63) is 16.1 Å². The number of thiazole rings is 1. The summed E-state index contributed by atoms with van der Waals surface area (Å²) < 4.78 is 5.02. The number of hydrogen-bond donors (Lipinski definition) is 1. The van der Waals surface area contributed by atoms with Crippen LogP contribution >= 0.6 is 11.3 Å². The van der Waals surface area contributed by atoms with Crippen molar-refractivity contribution in [2.24, 2.45) is 0 Å². The van der Waals surface area contributed by atoms with Crippen LogP contribution in [-0.2, 0) is 9.53 Å². The third-order valence-corrected chi connectivity index (χ3v) is 4.88. The number of hydrogen-bond acceptors (Lipinski definition) is 5. The van der Waals surface area contributed by atoms with Crippen molar-refractivity contribution in [2.75, 3.05) is 39.9 Å². The molecule has 7 nitrogen and oxygen atoms in total. The van der Waals surface area contributed by atoms with E-state index in [-0.39, 0.29) is 24.5 Å². The zero-order valence-corrected chi connectivity index (χ0v) is 14.7. The third kappa shape index (κ3) is 4.90. The number of ether oxygens (including phenoxy) is 1. The Kier molecular flexibility index (Phi) is 6.35. The van der Waals surface area contributed by atoms with Crippen molar-refractivity contribution in [3.63, 3.8) is 0 Å². The number of amides is 3. The second-order valence-electron chi connectivity index (χ2n) is 5.65. The summed E-state index contributed by atoms with van der Waals surface area (Å²) in [6.45, 7) is 6.26. The van der Waals surface area contributed by atoms with Gasteiger partial charge in [-0.05, 0) is 20.3 Å². The standard InChI is InChI=1S/C15H24N4O3S/c1-11-10-23-14(16-11)12(2)17-15(21)19-6-4-5-18(7-8-22-3)13(20)9-19/h10,12H,4-9H2,1-3H3,(H,17,21)/t12-/m0/s1. The van der Waals surface area contributed by atoms with Crippen LogP contribution in [0.2, 0.25) is 0 Å². The lowest BCUT2D eigenvalue weighted by atomic mass is 10.3. The summed E-state index contributed by atoms with van der Waals surface area (Å²) >= 11 is 1.53. The van der Waals surface area contributed by atoms with Gasteiger partial charge in [0.1, 0.15) is 11.6 Å². The first-order chi connectivity index (χ1) is 11.0. The van der Waals surface area contributed by atoms with Crippen LogP contribution in [0.3, 0.4) is 0 Å². The topological polar surface area (TPSA) is 74.8 Å². The predicted molar refractivity (Wildman–Crippen MR) is 88.4 cm³/mol. The largest absolute Gasteiger partial charge is 0.383 e. The fourth-order valence-corrected chi connectivity index (χ4v) is 3.24. The van der Waals surface area contributed by atoms with Gasteiger partial charge >= 0.3 is 6.03 Å². The van der Waals surface area contributed by atoms with Gasteiger partial charge in [0.2, 0.25) is 5.91 Å². The molecule has 0 bridgehead atoms. The maximum Gasteiger partial charge on any atom is 0.318 e. The highest BCUT2D eigenvalue weighted by atomic mass is 32.1. The number of nitrogens with zero attached hydrogens (tertiary/aromatic N) is 3. The monoisotopic (exact) mass is 340 g/mol. The molecular formula is C15H24N4O3S. The van der Waals surface area contributed by atoms with Gasteiger partial charge in [0.05, 0.1) is 12.6 Å². The molecule has 0 aliphatic carbocycles. The van der Waals surface area contributed by atoms with Gasteiger partial charge in [0.25, 0.3) is 0 Å². The van der Waals surface area contributed by atoms with Gasteiger partial charge in [0.15, 0.2) is 0 Å². The van der Waals surface area contributed by atoms with E-state index in [2.05, 4.69) is 10.3 Å². The SMILES string of the molecule is COCCN1CCCN(C(=O)N[C@@H](C)c2nc(C)cs2)CC1=O. The lowest BCUT2D eigenvalue weighted by molar-refractivity contribution is -0.131. The number of aryl methyl sites for hydroxylation is 1. The second-order valence-corrected chi connectivity index (χ2v) is 6.54. The molecule has 3 amide bonds. The van der Waals surface area contributed by atoms with E-state index in [1.807, 2.05) is 19.2 Å². The second kappa shape index (κ2) is 8.26. The van der Waals surface area contributed by atoms with Gasteiger partial charge in [-0.1, -0.05) is 0 Å². The highest BCUT2D eigenvalue weighted by Crippen LogP contribution is 2.18. The van der Waals surface area contributed by atoms with Crippen molar-refractivity contribution in [1.29, 1.82) is 0 Å². The third-order valence-electron chi connectivity index (χ3n) is 3.73. The van der Waals surface area contributed by atoms with Crippen molar-refractivity contribution in [2.45, 2.75) is 26.3 Å².